The zero-order valence-electron chi connectivity index (χ0n) is 9.21. The fourth-order valence-electron chi connectivity index (χ4n) is 2.23. The Hall–Kier alpha value is -0.0800. The quantitative estimate of drug-likeness (QED) is 0.705. The first-order valence-corrected chi connectivity index (χ1v) is 5.49. The molecule has 0 aromatic carbocycles. The molecule has 1 fully saturated rings. The van der Waals surface area contributed by atoms with Crippen molar-refractivity contribution >= 4 is 0 Å². The molecule has 2 heteroatoms. The Labute approximate surface area is 81.9 Å². The molecule has 1 aliphatic rings. The molecule has 0 aliphatic carbocycles. The summed E-state index contributed by atoms with van der Waals surface area (Å²) in [6, 6.07) is 0. The van der Waals surface area contributed by atoms with Crippen LogP contribution in [0.5, 0.6) is 0 Å². The van der Waals surface area contributed by atoms with Gasteiger partial charge in [0, 0.05) is 26.2 Å². The van der Waals surface area contributed by atoms with Crippen LogP contribution in [0.1, 0.15) is 33.6 Å². The Kier molecular flexibility index (Phi) is 3.74. The second-order valence-electron chi connectivity index (χ2n) is 4.66. The van der Waals surface area contributed by atoms with Gasteiger partial charge in [0.2, 0.25) is 0 Å². The Balaban J connectivity index is 2.24. The molecule has 0 aromatic rings. The third kappa shape index (κ3) is 2.44. The van der Waals surface area contributed by atoms with Crippen LogP contribution in [-0.2, 0) is 0 Å². The molecule has 13 heavy (non-hydrogen) atoms. The summed E-state index contributed by atoms with van der Waals surface area (Å²) in [6.45, 7) is 10.6. The van der Waals surface area contributed by atoms with E-state index in [2.05, 4.69) is 25.7 Å². The second-order valence-corrected chi connectivity index (χ2v) is 4.66. The molecule has 1 saturated heterocycles. The SMILES string of the molecule is CCC1(CC)CN(CC(C)CO)C1. The first-order chi connectivity index (χ1) is 6.15. The van der Waals surface area contributed by atoms with Crippen LogP contribution in [0.3, 0.4) is 0 Å². The average Bonchev–Trinajstić information content (AvgIpc) is 2.10. The molecule has 1 aliphatic heterocycles. The molecule has 1 heterocycles. The predicted molar refractivity (Wildman–Crippen MR) is 55.7 cm³/mol. The highest BCUT2D eigenvalue weighted by molar-refractivity contribution is 4.93. The van der Waals surface area contributed by atoms with Gasteiger partial charge in [-0.05, 0) is 24.2 Å². The van der Waals surface area contributed by atoms with E-state index in [1.54, 1.807) is 0 Å². The van der Waals surface area contributed by atoms with Crippen molar-refractivity contribution in [3.05, 3.63) is 0 Å². The average molecular weight is 185 g/mol. The van der Waals surface area contributed by atoms with Crippen LogP contribution in [0.4, 0.5) is 0 Å². The summed E-state index contributed by atoms with van der Waals surface area (Å²) in [5.41, 5.74) is 0.606. The molecule has 78 valence electrons. The van der Waals surface area contributed by atoms with E-state index in [9.17, 15) is 0 Å². The molecule has 0 radical (unpaired) electrons. The van der Waals surface area contributed by atoms with E-state index in [1.807, 2.05) is 0 Å². The maximum atomic E-state index is 8.92. The number of rotatable bonds is 5. The Morgan fingerprint density at radius 2 is 1.85 bits per heavy atom. The summed E-state index contributed by atoms with van der Waals surface area (Å²) in [4.78, 5) is 2.47. The van der Waals surface area contributed by atoms with E-state index in [4.69, 9.17) is 5.11 Å². The minimum absolute atomic E-state index is 0.321. The number of nitrogens with zero attached hydrogens (tertiary/aromatic N) is 1. The van der Waals surface area contributed by atoms with Gasteiger partial charge in [0.15, 0.2) is 0 Å². The number of aliphatic hydroxyl groups excluding tert-OH is 1. The highest BCUT2D eigenvalue weighted by atomic mass is 16.3. The number of likely N-dealkylation sites (tertiary alicyclic amines) is 1. The highest BCUT2D eigenvalue weighted by Crippen LogP contribution is 2.37. The minimum atomic E-state index is 0.321. The Bertz CT molecular complexity index is 146. The topological polar surface area (TPSA) is 23.5 Å². The van der Waals surface area contributed by atoms with E-state index < -0.39 is 0 Å². The minimum Gasteiger partial charge on any atom is -0.396 e. The van der Waals surface area contributed by atoms with Crippen LogP contribution in [0, 0.1) is 11.3 Å². The summed E-state index contributed by atoms with van der Waals surface area (Å²) in [5.74, 6) is 0.437. The summed E-state index contributed by atoms with van der Waals surface area (Å²) in [5, 5.41) is 8.92. The number of hydrogen-bond donors (Lipinski definition) is 1. The summed E-state index contributed by atoms with van der Waals surface area (Å²) in [6.07, 6.45) is 2.60. The summed E-state index contributed by atoms with van der Waals surface area (Å²) in [7, 11) is 0. The molecule has 0 spiro atoms. The Morgan fingerprint density at radius 1 is 1.31 bits per heavy atom. The van der Waals surface area contributed by atoms with E-state index in [-0.39, 0.29) is 0 Å². The largest absolute Gasteiger partial charge is 0.396 e. The summed E-state index contributed by atoms with van der Waals surface area (Å²) < 4.78 is 0. The smallest absolute Gasteiger partial charge is 0.0468 e. The lowest BCUT2D eigenvalue weighted by molar-refractivity contribution is -0.0192. The van der Waals surface area contributed by atoms with Gasteiger partial charge in [-0.15, -0.1) is 0 Å². The normalized spacial score (nSPS) is 24.0. The van der Waals surface area contributed by atoms with Crippen LogP contribution >= 0.6 is 0 Å². The van der Waals surface area contributed by atoms with Crippen molar-refractivity contribution < 1.29 is 5.11 Å². The molecule has 0 amide bonds. The maximum absolute atomic E-state index is 8.92. The van der Waals surface area contributed by atoms with Gasteiger partial charge in [0.25, 0.3) is 0 Å². The molecular formula is C11H23NO. The molecular weight excluding hydrogens is 162 g/mol. The van der Waals surface area contributed by atoms with Crippen molar-refractivity contribution in [3.8, 4) is 0 Å². The van der Waals surface area contributed by atoms with Crippen molar-refractivity contribution in [1.82, 2.24) is 4.90 Å². The van der Waals surface area contributed by atoms with E-state index >= 15 is 0 Å². The van der Waals surface area contributed by atoms with Crippen molar-refractivity contribution in [2.75, 3.05) is 26.2 Å². The summed E-state index contributed by atoms with van der Waals surface area (Å²) >= 11 is 0. The lowest BCUT2D eigenvalue weighted by atomic mass is 9.75. The van der Waals surface area contributed by atoms with Gasteiger partial charge in [0.05, 0.1) is 0 Å². The van der Waals surface area contributed by atoms with Crippen molar-refractivity contribution in [3.63, 3.8) is 0 Å². The van der Waals surface area contributed by atoms with E-state index in [1.165, 1.54) is 25.9 Å². The van der Waals surface area contributed by atoms with Gasteiger partial charge in [-0.1, -0.05) is 20.8 Å². The Morgan fingerprint density at radius 3 is 2.23 bits per heavy atom. The molecule has 1 N–H and O–H groups in total. The van der Waals surface area contributed by atoms with Crippen LogP contribution in [-0.4, -0.2) is 36.2 Å². The standard InChI is InChI=1S/C11H23NO/c1-4-11(5-2)8-12(9-11)6-10(3)7-13/h10,13H,4-9H2,1-3H3. The van der Waals surface area contributed by atoms with Crippen LogP contribution < -0.4 is 0 Å². The number of hydrogen-bond acceptors (Lipinski definition) is 2. The van der Waals surface area contributed by atoms with Gasteiger partial charge >= 0.3 is 0 Å². The zero-order chi connectivity index (χ0) is 9.90. The van der Waals surface area contributed by atoms with Crippen LogP contribution in [0.25, 0.3) is 0 Å². The maximum Gasteiger partial charge on any atom is 0.0468 e. The molecule has 0 bridgehead atoms. The van der Waals surface area contributed by atoms with Gasteiger partial charge in [-0.3, -0.25) is 0 Å². The first kappa shape index (κ1) is 11.0. The van der Waals surface area contributed by atoms with Gasteiger partial charge in [0.1, 0.15) is 0 Å². The second kappa shape index (κ2) is 4.43. The van der Waals surface area contributed by atoms with Crippen molar-refractivity contribution in [2.45, 2.75) is 33.6 Å². The van der Waals surface area contributed by atoms with Crippen LogP contribution in [0.2, 0.25) is 0 Å². The molecule has 2 nitrogen and oxygen atoms in total. The van der Waals surface area contributed by atoms with E-state index in [0.717, 1.165) is 6.54 Å². The molecule has 1 atom stereocenters. The highest BCUT2D eigenvalue weighted by Gasteiger charge is 2.39. The monoisotopic (exact) mass is 185 g/mol. The lowest BCUT2D eigenvalue weighted by Crippen LogP contribution is -2.56. The fourth-order valence-corrected chi connectivity index (χ4v) is 2.23. The van der Waals surface area contributed by atoms with E-state index in [0.29, 0.717) is 17.9 Å². The van der Waals surface area contributed by atoms with Crippen LogP contribution in [0.15, 0.2) is 0 Å². The molecule has 0 saturated carbocycles. The van der Waals surface area contributed by atoms with Crippen molar-refractivity contribution in [2.24, 2.45) is 11.3 Å². The van der Waals surface area contributed by atoms with Gasteiger partial charge < -0.3 is 10.0 Å². The molecule has 1 rings (SSSR count). The third-order valence-electron chi connectivity index (χ3n) is 3.50. The number of aliphatic hydroxyl groups is 1. The first-order valence-electron chi connectivity index (χ1n) is 5.49. The third-order valence-corrected chi connectivity index (χ3v) is 3.50. The van der Waals surface area contributed by atoms with Gasteiger partial charge in [-0.25, -0.2) is 0 Å². The van der Waals surface area contributed by atoms with Gasteiger partial charge in [-0.2, -0.15) is 0 Å². The molecule has 1 unspecified atom stereocenters. The molecule has 0 aromatic heterocycles. The predicted octanol–water partition coefficient (Wildman–Crippen LogP) is 1.74. The fraction of sp³-hybridized carbons (Fsp3) is 1.00. The lowest BCUT2D eigenvalue weighted by Gasteiger charge is -2.50. The van der Waals surface area contributed by atoms with Crippen molar-refractivity contribution in [1.29, 1.82) is 0 Å². The zero-order valence-corrected chi connectivity index (χ0v) is 9.21.